The fraction of sp³-hybridized carbons (Fsp3) is 0.350. The molecule has 0 saturated carbocycles. The number of nitrogens with zero attached hydrogens (tertiary/aromatic N) is 4. The van der Waals surface area contributed by atoms with E-state index in [1.807, 2.05) is 25.1 Å². The maximum absolute atomic E-state index is 12.9. The lowest BCUT2D eigenvalue weighted by molar-refractivity contribution is 0.102. The second-order valence-electron chi connectivity index (χ2n) is 7.23. The molecule has 0 radical (unpaired) electrons. The molecule has 3 heterocycles. The van der Waals surface area contributed by atoms with E-state index in [2.05, 4.69) is 26.2 Å². The minimum absolute atomic E-state index is 0.0231. The van der Waals surface area contributed by atoms with Crippen LogP contribution in [0.4, 0.5) is 5.69 Å². The molecular weight excluding hydrogens is 372 g/mol. The van der Waals surface area contributed by atoms with Gasteiger partial charge in [-0.2, -0.15) is 0 Å². The smallest absolute Gasteiger partial charge is 0.349 e. The van der Waals surface area contributed by atoms with Crippen LogP contribution in [0.3, 0.4) is 0 Å². The predicted molar refractivity (Wildman–Crippen MR) is 106 cm³/mol. The summed E-state index contributed by atoms with van der Waals surface area (Å²) in [7, 11) is 0. The molecular formula is C20H22N6O3. The van der Waals surface area contributed by atoms with E-state index in [9.17, 15) is 9.59 Å². The first-order valence-electron chi connectivity index (χ1n) is 9.53. The molecule has 29 heavy (non-hydrogen) atoms. The molecule has 1 aromatic carbocycles. The molecule has 0 spiro atoms. The maximum atomic E-state index is 12.9. The molecule has 0 bridgehead atoms. The third-order valence-corrected chi connectivity index (χ3v) is 5.22. The Morgan fingerprint density at radius 3 is 2.69 bits per heavy atom. The van der Waals surface area contributed by atoms with Crippen LogP contribution in [0, 0.1) is 13.8 Å². The third kappa shape index (κ3) is 3.95. The Morgan fingerprint density at radius 2 is 2.00 bits per heavy atom. The number of hydrogen-bond donors (Lipinski definition) is 2. The lowest BCUT2D eigenvalue weighted by Gasteiger charge is -2.22. The molecule has 9 heteroatoms. The molecule has 150 valence electrons. The van der Waals surface area contributed by atoms with Gasteiger partial charge in [-0.1, -0.05) is 6.07 Å². The average Bonchev–Trinajstić information content (AvgIpc) is 3.24. The van der Waals surface area contributed by atoms with Crippen LogP contribution < -0.4 is 16.3 Å². The number of hydrogen-bond acceptors (Lipinski definition) is 7. The maximum Gasteiger partial charge on any atom is 0.349 e. The van der Waals surface area contributed by atoms with Gasteiger partial charge >= 0.3 is 5.63 Å². The van der Waals surface area contributed by atoms with Crippen molar-refractivity contribution < 1.29 is 9.21 Å². The Kier molecular flexibility index (Phi) is 5.22. The Morgan fingerprint density at radius 1 is 1.21 bits per heavy atom. The standard InChI is InChI=1S/C20H22N6O3/c1-12-3-4-15(26-11-22-24-25-26)10-16(12)23-19(27)18-13(2)9-17(29-20(18)28)14-5-7-21-8-6-14/h3-4,9-11,14,21H,5-8H2,1-2H3,(H,23,27). The van der Waals surface area contributed by atoms with Crippen molar-refractivity contribution in [1.29, 1.82) is 0 Å². The number of tetrazole rings is 1. The average molecular weight is 394 g/mol. The highest BCUT2D eigenvalue weighted by Crippen LogP contribution is 2.26. The molecule has 0 atom stereocenters. The zero-order chi connectivity index (χ0) is 20.4. The molecule has 0 unspecified atom stereocenters. The SMILES string of the molecule is Cc1ccc(-n2cnnn2)cc1NC(=O)c1c(C)cc(C2CCNCC2)oc1=O. The van der Waals surface area contributed by atoms with Gasteiger partial charge in [-0.25, -0.2) is 9.48 Å². The minimum Gasteiger partial charge on any atom is -0.427 e. The van der Waals surface area contributed by atoms with Crippen molar-refractivity contribution in [2.45, 2.75) is 32.6 Å². The van der Waals surface area contributed by atoms with Gasteiger partial charge in [-0.05, 0) is 79.5 Å². The van der Waals surface area contributed by atoms with Crippen molar-refractivity contribution in [2.24, 2.45) is 0 Å². The van der Waals surface area contributed by atoms with Gasteiger partial charge in [0.05, 0.1) is 5.69 Å². The predicted octanol–water partition coefficient (Wildman–Crippen LogP) is 1.95. The second kappa shape index (κ2) is 7.96. The molecule has 2 aromatic heterocycles. The van der Waals surface area contributed by atoms with Gasteiger partial charge in [-0.3, -0.25) is 4.79 Å². The van der Waals surface area contributed by atoms with Crippen LogP contribution in [0.5, 0.6) is 0 Å². The van der Waals surface area contributed by atoms with E-state index in [4.69, 9.17) is 4.42 Å². The van der Waals surface area contributed by atoms with Crippen LogP contribution in [0.25, 0.3) is 5.69 Å². The van der Waals surface area contributed by atoms with Gasteiger partial charge in [0.15, 0.2) is 0 Å². The van der Waals surface area contributed by atoms with Gasteiger partial charge < -0.3 is 15.1 Å². The number of anilines is 1. The molecule has 1 saturated heterocycles. The van der Waals surface area contributed by atoms with Crippen LogP contribution in [0.15, 0.2) is 39.8 Å². The fourth-order valence-corrected chi connectivity index (χ4v) is 3.57. The minimum atomic E-state index is -0.606. The Balaban J connectivity index is 1.60. The van der Waals surface area contributed by atoms with Crippen molar-refractivity contribution in [3.63, 3.8) is 0 Å². The molecule has 3 aromatic rings. The summed E-state index contributed by atoms with van der Waals surface area (Å²) >= 11 is 0. The first-order chi connectivity index (χ1) is 14.0. The van der Waals surface area contributed by atoms with E-state index in [0.717, 1.165) is 31.5 Å². The molecule has 4 rings (SSSR count). The number of aromatic nitrogens is 4. The Bertz CT molecular complexity index is 1080. The third-order valence-electron chi connectivity index (χ3n) is 5.22. The van der Waals surface area contributed by atoms with Crippen LogP contribution in [0.2, 0.25) is 0 Å². The largest absolute Gasteiger partial charge is 0.427 e. The Labute approximate surface area is 167 Å². The molecule has 1 aliphatic heterocycles. The first-order valence-corrected chi connectivity index (χ1v) is 9.53. The van der Waals surface area contributed by atoms with Crippen LogP contribution in [0.1, 0.15) is 46.0 Å². The number of nitrogens with one attached hydrogen (secondary N) is 2. The topological polar surface area (TPSA) is 115 Å². The van der Waals surface area contributed by atoms with E-state index in [-0.39, 0.29) is 11.5 Å². The Hall–Kier alpha value is -3.33. The molecule has 9 nitrogen and oxygen atoms in total. The van der Waals surface area contributed by atoms with Gasteiger partial charge in [0.25, 0.3) is 5.91 Å². The van der Waals surface area contributed by atoms with Gasteiger partial charge in [0.1, 0.15) is 17.7 Å². The van der Waals surface area contributed by atoms with Gasteiger partial charge in [0, 0.05) is 11.6 Å². The summed E-state index contributed by atoms with van der Waals surface area (Å²) in [5, 5.41) is 17.2. The van der Waals surface area contributed by atoms with Crippen molar-refractivity contribution in [3.05, 3.63) is 63.5 Å². The highest BCUT2D eigenvalue weighted by Gasteiger charge is 2.23. The first kappa shape index (κ1) is 19.0. The summed E-state index contributed by atoms with van der Waals surface area (Å²) in [4.78, 5) is 25.5. The van der Waals surface area contributed by atoms with Crippen LogP contribution in [-0.4, -0.2) is 39.2 Å². The quantitative estimate of drug-likeness (QED) is 0.695. The van der Waals surface area contributed by atoms with E-state index in [1.165, 1.54) is 11.0 Å². The fourth-order valence-electron chi connectivity index (χ4n) is 3.57. The van der Waals surface area contributed by atoms with E-state index in [1.54, 1.807) is 13.0 Å². The highest BCUT2D eigenvalue weighted by molar-refractivity contribution is 6.05. The zero-order valence-electron chi connectivity index (χ0n) is 16.3. The van der Waals surface area contributed by atoms with E-state index in [0.29, 0.717) is 22.7 Å². The summed E-state index contributed by atoms with van der Waals surface area (Å²) in [6.07, 6.45) is 3.29. The number of piperidine rings is 1. The molecule has 1 fully saturated rings. The number of carbonyl (C=O) groups is 1. The summed E-state index contributed by atoms with van der Waals surface area (Å²) in [6, 6.07) is 7.26. The molecule has 1 aliphatic rings. The van der Waals surface area contributed by atoms with Crippen LogP contribution in [-0.2, 0) is 0 Å². The summed E-state index contributed by atoms with van der Waals surface area (Å²) < 4.78 is 7.01. The van der Waals surface area contributed by atoms with Gasteiger partial charge in [-0.15, -0.1) is 5.10 Å². The zero-order valence-corrected chi connectivity index (χ0v) is 16.3. The van der Waals surface area contributed by atoms with Gasteiger partial charge in [0.2, 0.25) is 0 Å². The number of carbonyl (C=O) groups excluding carboxylic acids is 1. The number of amides is 1. The monoisotopic (exact) mass is 394 g/mol. The number of rotatable bonds is 4. The summed E-state index contributed by atoms with van der Waals surface area (Å²) in [5.41, 5.74) is 2.15. The van der Waals surface area contributed by atoms with Crippen molar-refractivity contribution in [1.82, 2.24) is 25.5 Å². The summed E-state index contributed by atoms with van der Waals surface area (Å²) in [6.45, 7) is 5.43. The van der Waals surface area contributed by atoms with Crippen molar-refractivity contribution in [3.8, 4) is 5.69 Å². The van der Waals surface area contributed by atoms with Crippen molar-refractivity contribution >= 4 is 11.6 Å². The van der Waals surface area contributed by atoms with Crippen LogP contribution >= 0.6 is 0 Å². The molecule has 0 aliphatic carbocycles. The van der Waals surface area contributed by atoms with E-state index < -0.39 is 11.5 Å². The lowest BCUT2D eigenvalue weighted by atomic mass is 9.94. The number of benzene rings is 1. The normalized spacial score (nSPS) is 14.7. The van der Waals surface area contributed by atoms with Crippen molar-refractivity contribution in [2.75, 3.05) is 18.4 Å². The number of aryl methyl sites for hydroxylation is 2. The lowest BCUT2D eigenvalue weighted by Crippen LogP contribution is -2.28. The van der Waals surface area contributed by atoms with E-state index >= 15 is 0 Å². The summed E-state index contributed by atoms with van der Waals surface area (Å²) in [5.74, 6) is 0.363. The molecule has 1 amide bonds. The highest BCUT2D eigenvalue weighted by atomic mass is 16.4. The molecule has 2 N–H and O–H groups in total. The second-order valence-corrected chi connectivity index (χ2v) is 7.23.